The maximum Gasteiger partial charge on any atom is 0.154 e. The van der Waals surface area contributed by atoms with Crippen LogP contribution in [0, 0.1) is 0 Å². The van der Waals surface area contributed by atoms with Crippen molar-refractivity contribution >= 4 is 19.7 Å². The Morgan fingerprint density at radius 3 is 1.72 bits per heavy atom. The fraction of sp³-hybridized carbons (Fsp3) is 0.786. The van der Waals surface area contributed by atoms with E-state index in [0.717, 1.165) is 83.6 Å². The van der Waals surface area contributed by atoms with Crippen molar-refractivity contribution in [2.45, 2.75) is 125 Å². The Kier molecular flexibility index (Phi) is 10.1. The van der Waals surface area contributed by atoms with Gasteiger partial charge in [-0.05, 0) is 56.9 Å². The zero-order valence-corrected chi connectivity index (χ0v) is 22.7. The Bertz CT molecular complexity index is 1030. The molecule has 0 spiro atoms. The molecule has 4 aliphatic rings. The smallest absolute Gasteiger partial charge is 0.154 e. The lowest BCUT2D eigenvalue weighted by atomic mass is 9.77. The number of rotatable bonds is 5. The highest BCUT2D eigenvalue weighted by Gasteiger charge is 2.48. The van der Waals surface area contributed by atoms with Gasteiger partial charge in [0.25, 0.3) is 0 Å². The van der Waals surface area contributed by atoms with Gasteiger partial charge in [-0.3, -0.25) is 0 Å². The van der Waals surface area contributed by atoms with Gasteiger partial charge < -0.3 is 11.1 Å². The third kappa shape index (κ3) is 6.72. The minimum absolute atomic E-state index is 0. The van der Waals surface area contributed by atoms with Gasteiger partial charge in [0.1, 0.15) is 0 Å². The first kappa shape index (κ1) is 29.6. The van der Waals surface area contributed by atoms with Crippen LogP contribution in [0.15, 0.2) is 30.3 Å². The van der Waals surface area contributed by atoms with Crippen molar-refractivity contribution in [3.8, 4) is 0 Å². The Morgan fingerprint density at radius 2 is 1.22 bits per heavy atom. The molecule has 1 aromatic carbocycles. The highest BCUT2D eigenvalue weighted by molar-refractivity contribution is 7.92. The standard InChI is InChI=1S/C17H25NO2S.C10H19NO2S.CH4/c19-21(20)13-7-10-16(21)17(11-5-2-6-12-17)18-14-15-8-3-1-4-9-15;11-10(6-2-1-3-7-10)9-5-4-8-14(9,12)13;/h1,3-4,8-9,16,18H,2,5-7,10-14H2;9H,1-8,11H2;1H4. The molecule has 2 saturated carbocycles. The van der Waals surface area contributed by atoms with Crippen LogP contribution in [-0.2, 0) is 26.2 Å². The summed E-state index contributed by atoms with van der Waals surface area (Å²) in [7, 11) is -5.78. The number of hydrogen-bond donors (Lipinski definition) is 2. The zero-order valence-electron chi connectivity index (χ0n) is 21.1. The van der Waals surface area contributed by atoms with Gasteiger partial charge in [0.15, 0.2) is 19.7 Å². The summed E-state index contributed by atoms with van der Waals surface area (Å²) in [6.45, 7) is 0.771. The van der Waals surface area contributed by atoms with Gasteiger partial charge in [0, 0.05) is 17.6 Å². The number of hydrogen-bond acceptors (Lipinski definition) is 6. The molecule has 36 heavy (non-hydrogen) atoms. The lowest BCUT2D eigenvalue weighted by Gasteiger charge is -2.42. The average molecular weight is 541 g/mol. The molecule has 8 heteroatoms. The second-order valence-corrected chi connectivity index (χ2v) is 16.0. The number of nitrogens with two attached hydrogens (primary N) is 1. The number of nitrogens with one attached hydrogen (secondary N) is 1. The van der Waals surface area contributed by atoms with E-state index in [-0.39, 0.29) is 23.5 Å². The maximum absolute atomic E-state index is 12.4. The summed E-state index contributed by atoms with van der Waals surface area (Å²) >= 11 is 0. The second kappa shape index (κ2) is 12.3. The molecule has 6 nitrogen and oxygen atoms in total. The summed E-state index contributed by atoms with van der Waals surface area (Å²) in [5.41, 5.74) is 6.91. The first-order valence-corrected chi connectivity index (χ1v) is 17.1. The molecule has 1 aromatic rings. The van der Waals surface area contributed by atoms with Crippen LogP contribution in [0.3, 0.4) is 0 Å². The molecule has 4 fully saturated rings. The first-order chi connectivity index (χ1) is 16.7. The third-order valence-electron chi connectivity index (χ3n) is 8.93. The molecule has 2 atom stereocenters. The van der Waals surface area contributed by atoms with Crippen molar-refractivity contribution in [1.82, 2.24) is 5.32 Å². The van der Waals surface area contributed by atoms with E-state index < -0.39 is 25.2 Å². The Morgan fingerprint density at radius 1 is 0.722 bits per heavy atom. The molecule has 2 saturated heterocycles. The van der Waals surface area contributed by atoms with Gasteiger partial charge in [0.05, 0.1) is 22.0 Å². The number of benzene rings is 1. The summed E-state index contributed by atoms with van der Waals surface area (Å²) in [5, 5.41) is 3.26. The van der Waals surface area contributed by atoms with Crippen molar-refractivity contribution in [2.24, 2.45) is 5.73 Å². The van der Waals surface area contributed by atoms with E-state index in [0.29, 0.717) is 11.5 Å². The van der Waals surface area contributed by atoms with E-state index in [4.69, 9.17) is 5.73 Å². The van der Waals surface area contributed by atoms with Gasteiger partial charge >= 0.3 is 0 Å². The quantitative estimate of drug-likeness (QED) is 0.549. The van der Waals surface area contributed by atoms with E-state index in [1.807, 2.05) is 18.2 Å². The summed E-state index contributed by atoms with van der Waals surface area (Å²) in [4.78, 5) is 0. The molecular weight excluding hydrogens is 492 g/mol. The SMILES string of the molecule is C.NC1(C2CCCS2(=O)=O)CCCCC1.O=S1(=O)CCCC1C1(NCc2ccccc2)CCCCC1. The van der Waals surface area contributed by atoms with Gasteiger partial charge in [-0.2, -0.15) is 0 Å². The fourth-order valence-electron chi connectivity index (χ4n) is 7.05. The average Bonchev–Trinajstić information content (AvgIpc) is 3.41. The van der Waals surface area contributed by atoms with E-state index in [9.17, 15) is 16.8 Å². The van der Waals surface area contributed by atoms with Crippen LogP contribution in [-0.4, -0.2) is 49.9 Å². The van der Waals surface area contributed by atoms with Gasteiger partial charge in [0.2, 0.25) is 0 Å². The van der Waals surface area contributed by atoms with Crippen LogP contribution in [0.25, 0.3) is 0 Å². The topological polar surface area (TPSA) is 106 Å². The van der Waals surface area contributed by atoms with Crippen molar-refractivity contribution < 1.29 is 16.8 Å². The highest BCUT2D eigenvalue weighted by Crippen LogP contribution is 2.40. The normalized spacial score (nSPS) is 29.9. The van der Waals surface area contributed by atoms with Crippen molar-refractivity contribution in [3.05, 3.63) is 35.9 Å². The molecule has 2 unspecified atom stereocenters. The monoisotopic (exact) mass is 540 g/mol. The third-order valence-corrected chi connectivity index (χ3v) is 13.8. The molecule has 2 aliphatic carbocycles. The van der Waals surface area contributed by atoms with Gasteiger partial charge in [-0.25, -0.2) is 16.8 Å². The molecule has 2 aliphatic heterocycles. The zero-order chi connectivity index (χ0) is 25.0. The predicted octanol–water partition coefficient (Wildman–Crippen LogP) is 4.92. The predicted molar refractivity (Wildman–Crippen MR) is 149 cm³/mol. The molecule has 3 N–H and O–H groups in total. The van der Waals surface area contributed by atoms with Crippen LogP contribution in [0.1, 0.15) is 103 Å². The minimum atomic E-state index is -2.91. The summed E-state index contributed by atoms with van der Waals surface area (Å²) in [6.07, 6.45) is 14.0. The van der Waals surface area contributed by atoms with Crippen LogP contribution in [0.4, 0.5) is 0 Å². The van der Waals surface area contributed by atoms with Crippen molar-refractivity contribution in [3.63, 3.8) is 0 Å². The van der Waals surface area contributed by atoms with E-state index in [1.165, 1.54) is 18.4 Å². The van der Waals surface area contributed by atoms with Crippen LogP contribution < -0.4 is 11.1 Å². The summed E-state index contributed by atoms with van der Waals surface area (Å²) in [6, 6.07) is 10.3. The molecule has 0 amide bonds. The first-order valence-electron chi connectivity index (χ1n) is 13.7. The van der Waals surface area contributed by atoms with Gasteiger partial charge in [-0.1, -0.05) is 76.3 Å². The second-order valence-electron chi connectivity index (χ2n) is 11.3. The fourth-order valence-corrected chi connectivity index (χ4v) is 11.8. The number of sulfone groups is 2. The molecule has 5 rings (SSSR count). The van der Waals surface area contributed by atoms with Crippen LogP contribution >= 0.6 is 0 Å². The molecule has 0 radical (unpaired) electrons. The lowest BCUT2D eigenvalue weighted by molar-refractivity contribution is 0.215. The van der Waals surface area contributed by atoms with Gasteiger partial charge in [-0.15, -0.1) is 0 Å². The summed E-state index contributed by atoms with van der Waals surface area (Å²) in [5.74, 6) is 0.739. The van der Waals surface area contributed by atoms with Crippen molar-refractivity contribution in [1.29, 1.82) is 0 Å². The lowest BCUT2D eigenvalue weighted by Crippen LogP contribution is -2.56. The molecular formula is C28H48N2O4S2. The van der Waals surface area contributed by atoms with E-state index >= 15 is 0 Å². The van der Waals surface area contributed by atoms with Crippen LogP contribution in [0.2, 0.25) is 0 Å². The molecule has 2 heterocycles. The summed E-state index contributed by atoms with van der Waals surface area (Å²) < 4.78 is 48.4. The highest BCUT2D eigenvalue weighted by atomic mass is 32.2. The van der Waals surface area contributed by atoms with Crippen molar-refractivity contribution in [2.75, 3.05) is 11.5 Å². The maximum atomic E-state index is 12.4. The Balaban J connectivity index is 0.000000210. The largest absolute Gasteiger partial charge is 0.324 e. The molecule has 0 aromatic heterocycles. The molecule has 206 valence electrons. The van der Waals surface area contributed by atoms with E-state index in [1.54, 1.807) is 0 Å². The van der Waals surface area contributed by atoms with Crippen LogP contribution in [0.5, 0.6) is 0 Å². The minimum Gasteiger partial charge on any atom is -0.324 e. The van der Waals surface area contributed by atoms with E-state index in [2.05, 4.69) is 17.4 Å². The Labute approximate surface area is 220 Å². The molecule has 0 bridgehead atoms. The Hall–Kier alpha value is -0.960.